The summed E-state index contributed by atoms with van der Waals surface area (Å²) < 4.78 is 50.8. The number of halogens is 2. The van der Waals surface area contributed by atoms with Crippen LogP contribution in [-0.2, 0) is 15.8 Å². The van der Waals surface area contributed by atoms with Gasteiger partial charge in [0.2, 0.25) is 10.0 Å². The Morgan fingerprint density at radius 1 is 0.947 bits per heavy atom. The van der Waals surface area contributed by atoms with Crippen molar-refractivity contribution in [2.45, 2.75) is 50.2 Å². The van der Waals surface area contributed by atoms with Crippen molar-refractivity contribution in [3.05, 3.63) is 48.2 Å². The van der Waals surface area contributed by atoms with E-state index in [0.717, 1.165) is 42.9 Å². The fourth-order valence-electron chi connectivity index (χ4n) is 5.66. The van der Waals surface area contributed by atoms with Crippen LogP contribution in [0.15, 0.2) is 42.6 Å². The molecule has 0 atom stereocenters. The summed E-state index contributed by atoms with van der Waals surface area (Å²) in [5, 5.41) is 5.33. The molecule has 1 aliphatic carbocycles. The number of aromatic amines is 1. The lowest BCUT2D eigenvalue weighted by Crippen LogP contribution is -2.39. The zero-order valence-electron chi connectivity index (χ0n) is 21.2. The number of aromatic nitrogens is 3. The van der Waals surface area contributed by atoms with E-state index >= 15 is 0 Å². The lowest BCUT2D eigenvalue weighted by molar-refractivity contribution is -0.0221. The molecule has 3 N–H and O–H groups in total. The molecule has 1 saturated carbocycles. The summed E-state index contributed by atoms with van der Waals surface area (Å²) in [5.41, 5.74) is 4.38. The molecule has 0 unspecified atom stereocenters. The average molecular weight is 543 g/mol. The minimum absolute atomic E-state index is 0.172. The smallest absolute Gasteiger partial charge is 0.251 e. The van der Waals surface area contributed by atoms with Gasteiger partial charge in [0.15, 0.2) is 0 Å². The van der Waals surface area contributed by atoms with Gasteiger partial charge in [-0.05, 0) is 60.9 Å². The summed E-state index contributed by atoms with van der Waals surface area (Å²) in [6, 6.07) is 11.2. The lowest BCUT2D eigenvalue weighted by atomic mass is 9.92. The first-order chi connectivity index (χ1) is 18.1. The molecule has 0 radical (unpaired) electrons. The van der Waals surface area contributed by atoms with Crippen molar-refractivity contribution in [2.24, 2.45) is 10.6 Å². The van der Waals surface area contributed by atoms with Crippen LogP contribution in [-0.4, -0.2) is 55.5 Å². The Balaban J connectivity index is 1.28. The first-order valence-electron chi connectivity index (χ1n) is 13.1. The number of sulfonamides is 1. The predicted molar refractivity (Wildman–Crippen MR) is 144 cm³/mol. The SMILES string of the molecule is NS(=O)(=O)Cc1ccc(-c2ncc(-c3cccc(N4CCC(F)(F)CC4)n3)[nH]2)c(N2CCC3(CC2)CC3)c1. The number of rotatable bonds is 6. The molecule has 2 aromatic heterocycles. The van der Waals surface area contributed by atoms with E-state index in [1.54, 1.807) is 12.3 Å². The highest BCUT2D eigenvalue weighted by molar-refractivity contribution is 7.88. The molecule has 6 rings (SSSR count). The summed E-state index contributed by atoms with van der Waals surface area (Å²) in [5.74, 6) is -1.50. The number of nitrogens with two attached hydrogens (primary N) is 1. The van der Waals surface area contributed by atoms with E-state index in [4.69, 9.17) is 10.1 Å². The van der Waals surface area contributed by atoms with Crippen LogP contribution in [0.3, 0.4) is 0 Å². The minimum Gasteiger partial charge on any atom is -0.371 e. The molecule has 11 heteroatoms. The number of hydrogen-bond donors (Lipinski definition) is 2. The van der Waals surface area contributed by atoms with Gasteiger partial charge in [-0.2, -0.15) is 0 Å². The number of anilines is 2. The van der Waals surface area contributed by atoms with Crippen LogP contribution in [0.5, 0.6) is 0 Å². The van der Waals surface area contributed by atoms with E-state index in [-0.39, 0.29) is 31.7 Å². The van der Waals surface area contributed by atoms with Gasteiger partial charge in [-0.3, -0.25) is 0 Å². The minimum atomic E-state index is -3.66. The van der Waals surface area contributed by atoms with E-state index in [0.29, 0.717) is 28.3 Å². The molecule has 2 aliphatic heterocycles. The van der Waals surface area contributed by atoms with Crippen LogP contribution in [0.1, 0.15) is 44.1 Å². The normalized spacial score (nSPS) is 20.6. The van der Waals surface area contributed by atoms with Crippen LogP contribution < -0.4 is 14.9 Å². The molecule has 1 aromatic carbocycles. The average Bonchev–Trinajstić information content (AvgIpc) is 3.44. The van der Waals surface area contributed by atoms with Crippen molar-refractivity contribution in [3.8, 4) is 22.8 Å². The molecule has 202 valence electrons. The Labute approximate surface area is 221 Å². The summed E-state index contributed by atoms with van der Waals surface area (Å²) >= 11 is 0. The highest BCUT2D eigenvalue weighted by Crippen LogP contribution is 2.54. The van der Waals surface area contributed by atoms with Gasteiger partial charge in [-0.15, -0.1) is 0 Å². The number of H-pyrrole nitrogens is 1. The molecule has 3 aromatic rings. The Morgan fingerprint density at radius 3 is 2.34 bits per heavy atom. The Kier molecular flexibility index (Phi) is 6.18. The number of pyridine rings is 1. The molecule has 38 heavy (non-hydrogen) atoms. The highest BCUT2D eigenvalue weighted by Gasteiger charge is 2.44. The molecule has 0 amide bonds. The van der Waals surface area contributed by atoms with Crippen molar-refractivity contribution in [3.63, 3.8) is 0 Å². The van der Waals surface area contributed by atoms with E-state index in [1.165, 1.54) is 12.8 Å². The quantitative estimate of drug-likeness (QED) is 0.473. The third-order valence-corrected chi connectivity index (χ3v) is 8.95. The number of piperidine rings is 2. The van der Waals surface area contributed by atoms with Crippen LogP contribution in [0.25, 0.3) is 22.8 Å². The second-order valence-electron chi connectivity index (χ2n) is 11.0. The summed E-state index contributed by atoms with van der Waals surface area (Å²) in [4.78, 5) is 17.0. The lowest BCUT2D eigenvalue weighted by Gasteiger charge is -2.35. The maximum Gasteiger partial charge on any atom is 0.251 e. The summed E-state index contributed by atoms with van der Waals surface area (Å²) in [7, 11) is -3.66. The number of hydrogen-bond acceptors (Lipinski definition) is 6. The van der Waals surface area contributed by atoms with Gasteiger partial charge in [0, 0.05) is 50.3 Å². The highest BCUT2D eigenvalue weighted by atomic mass is 32.2. The zero-order valence-corrected chi connectivity index (χ0v) is 22.0. The third kappa shape index (κ3) is 5.40. The third-order valence-electron chi connectivity index (χ3n) is 8.21. The van der Waals surface area contributed by atoms with Crippen molar-refractivity contribution in [1.29, 1.82) is 0 Å². The topological polar surface area (TPSA) is 108 Å². The molecule has 3 aliphatic rings. The van der Waals surface area contributed by atoms with E-state index in [9.17, 15) is 17.2 Å². The van der Waals surface area contributed by atoms with Crippen LogP contribution >= 0.6 is 0 Å². The molecule has 0 bridgehead atoms. The first kappa shape index (κ1) is 25.2. The zero-order chi connectivity index (χ0) is 26.5. The van der Waals surface area contributed by atoms with Gasteiger partial charge in [0.25, 0.3) is 5.92 Å². The van der Waals surface area contributed by atoms with Crippen molar-refractivity contribution in [2.75, 3.05) is 36.0 Å². The van der Waals surface area contributed by atoms with Crippen molar-refractivity contribution < 1.29 is 17.2 Å². The number of nitrogens with zero attached hydrogens (tertiary/aromatic N) is 4. The number of benzene rings is 1. The second-order valence-corrected chi connectivity index (χ2v) is 12.6. The standard InChI is InChI=1S/C27H32F2N6O2S/c28-27(29)10-14-35(15-11-27)24-3-1-2-21(32-24)22-17-31-25(33-22)20-5-4-19(18-38(30,36)37)16-23(20)34-12-8-26(6-7-26)9-13-34/h1-5,16-17H,6-15,18H2,(H,31,33)(H2,30,36,37). The second kappa shape index (κ2) is 9.30. The molecular formula is C27H32F2N6O2S. The molecule has 3 fully saturated rings. The molecule has 1 spiro atoms. The van der Waals surface area contributed by atoms with Gasteiger partial charge in [-0.1, -0.05) is 12.1 Å². The fourth-order valence-corrected chi connectivity index (χ4v) is 6.30. The number of primary sulfonamides is 1. The first-order valence-corrected chi connectivity index (χ1v) is 14.8. The molecule has 8 nitrogen and oxygen atoms in total. The van der Waals surface area contributed by atoms with Crippen molar-refractivity contribution >= 4 is 21.5 Å². The van der Waals surface area contributed by atoms with E-state index in [1.807, 2.05) is 35.2 Å². The maximum absolute atomic E-state index is 13.6. The van der Waals surface area contributed by atoms with Crippen LogP contribution in [0.2, 0.25) is 0 Å². The Bertz CT molecular complexity index is 1430. The molecule has 2 saturated heterocycles. The van der Waals surface area contributed by atoms with Gasteiger partial charge >= 0.3 is 0 Å². The van der Waals surface area contributed by atoms with E-state index in [2.05, 4.69) is 14.9 Å². The molecular weight excluding hydrogens is 510 g/mol. The summed E-state index contributed by atoms with van der Waals surface area (Å²) in [6.45, 7) is 2.36. The number of alkyl halides is 2. The van der Waals surface area contributed by atoms with E-state index < -0.39 is 15.9 Å². The monoisotopic (exact) mass is 542 g/mol. The van der Waals surface area contributed by atoms with Gasteiger partial charge in [0.05, 0.1) is 23.3 Å². The van der Waals surface area contributed by atoms with Gasteiger partial charge in [-0.25, -0.2) is 32.3 Å². The van der Waals surface area contributed by atoms with Crippen LogP contribution in [0.4, 0.5) is 20.3 Å². The van der Waals surface area contributed by atoms with Crippen LogP contribution in [0, 0.1) is 5.41 Å². The number of nitrogens with one attached hydrogen (secondary N) is 1. The maximum atomic E-state index is 13.6. The van der Waals surface area contributed by atoms with Gasteiger partial charge in [0.1, 0.15) is 11.6 Å². The predicted octanol–water partition coefficient (Wildman–Crippen LogP) is 4.54. The molecule has 4 heterocycles. The van der Waals surface area contributed by atoms with Crippen molar-refractivity contribution in [1.82, 2.24) is 15.0 Å². The Morgan fingerprint density at radius 2 is 1.66 bits per heavy atom. The fraction of sp³-hybridized carbons (Fsp3) is 0.481. The Hall–Kier alpha value is -3.05. The summed E-state index contributed by atoms with van der Waals surface area (Å²) in [6.07, 6.45) is 6.25. The largest absolute Gasteiger partial charge is 0.371 e. The van der Waals surface area contributed by atoms with Gasteiger partial charge < -0.3 is 14.8 Å². The number of imidazole rings is 1.